The second-order valence-corrected chi connectivity index (χ2v) is 7.75. The second kappa shape index (κ2) is 5.67. The summed E-state index contributed by atoms with van der Waals surface area (Å²) in [5, 5.41) is 0. The van der Waals surface area contributed by atoms with E-state index < -0.39 is 10.0 Å². The molecule has 1 saturated carbocycles. The van der Waals surface area contributed by atoms with Crippen LogP contribution in [0.2, 0.25) is 0 Å². The molecule has 0 amide bonds. The van der Waals surface area contributed by atoms with Gasteiger partial charge < -0.3 is 0 Å². The molecule has 6 heteroatoms. The number of aromatic nitrogens is 1. The van der Waals surface area contributed by atoms with Gasteiger partial charge in [0.05, 0.1) is 0 Å². The maximum Gasteiger partial charge on any atom is 0.244 e. The minimum Gasteiger partial charge on any atom is -0.263 e. The Kier molecular flexibility index (Phi) is 4.40. The van der Waals surface area contributed by atoms with E-state index in [0.29, 0.717) is 0 Å². The molecule has 0 radical (unpaired) electrons. The molecule has 4 nitrogen and oxygen atoms in total. The third-order valence-electron chi connectivity index (χ3n) is 3.43. The third kappa shape index (κ3) is 2.75. The molecular formula is C12H17BrN2O2S. The molecule has 1 aliphatic carbocycles. The summed E-state index contributed by atoms with van der Waals surface area (Å²) >= 11 is 3.60. The molecule has 0 aromatic carbocycles. The Balaban J connectivity index is 2.25. The topological polar surface area (TPSA) is 50.3 Å². The van der Waals surface area contributed by atoms with Crippen molar-refractivity contribution in [2.75, 3.05) is 7.05 Å². The first-order valence-electron chi connectivity index (χ1n) is 6.05. The molecule has 1 heterocycles. The highest BCUT2D eigenvalue weighted by atomic mass is 79.9. The number of rotatable bonds is 3. The van der Waals surface area contributed by atoms with Gasteiger partial charge in [0.25, 0.3) is 0 Å². The largest absolute Gasteiger partial charge is 0.263 e. The molecule has 1 aliphatic rings. The Morgan fingerprint density at radius 2 is 2.11 bits per heavy atom. The van der Waals surface area contributed by atoms with Crippen LogP contribution in [0.3, 0.4) is 0 Å². The molecule has 0 bridgehead atoms. The van der Waals surface area contributed by atoms with Gasteiger partial charge in [0, 0.05) is 30.3 Å². The van der Waals surface area contributed by atoms with Crippen molar-refractivity contribution in [2.24, 2.45) is 0 Å². The maximum absolute atomic E-state index is 12.4. The zero-order chi connectivity index (χ0) is 13.2. The van der Waals surface area contributed by atoms with Gasteiger partial charge in [-0.1, -0.05) is 28.8 Å². The molecule has 0 spiro atoms. The Bertz CT molecular complexity index is 492. The Morgan fingerprint density at radius 3 is 2.72 bits per heavy atom. The molecule has 18 heavy (non-hydrogen) atoms. The number of sulfonamides is 1. The normalized spacial score (nSPS) is 25.3. The van der Waals surface area contributed by atoms with E-state index in [1.165, 1.54) is 10.5 Å². The number of nitrogens with zero attached hydrogens (tertiary/aromatic N) is 2. The van der Waals surface area contributed by atoms with Crippen LogP contribution < -0.4 is 0 Å². The number of alkyl halides is 1. The maximum atomic E-state index is 12.4. The van der Waals surface area contributed by atoms with Gasteiger partial charge in [-0.25, -0.2) is 8.42 Å². The van der Waals surface area contributed by atoms with Crippen molar-refractivity contribution in [2.45, 2.75) is 41.4 Å². The van der Waals surface area contributed by atoms with E-state index in [9.17, 15) is 8.42 Å². The van der Waals surface area contributed by atoms with Gasteiger partial charge in [0.2, 0.25) is 10.0 Å². The van der Waals surface area contributed by atoms with Crippen LogP contribution in [-0.2, 0) is 10.0 Å². The van der Waals surface area contributed by atoms with Crippen molar-refractivity contribution >= 4 is 26.0 Å². The highest BCUT2D eigenvalue weighted by Gasteiger charge is 2.33. The number of pyridine rings is 1. The van der Waals surface area contributed by atoms with E-state index in [0.717, 1.165) is 25.7 Å². The lowest BCUT2D eigenvalue weighted by atomic mass is 9.96. The Morgan fingerprint density at radius 1 is 1.39 bits per heavy atom. The average Bonchev–Trinajstić information content (AvgIpc) is 2.39. The quantitative estimate of drug-likeness (QED) is 0.798. The summed E-state index contributed by atoms with van der Waals surface area (Å²) in [6.07, 6.45) is 7.15. The van der Waals surface area contributed by atoms with Crippen molar-refractivity contribution in [1.29, 1.82) is 0 Å². The fraction of sp³-hybridized carbons (Fsp3) is 0.583. The van der Waals surface area contributed by atoms with Crippen LogP contribution in [0.25, 0.3) is 0 Å². The molecule has 0 N–H and O–H groups in total. The minimum absolute atomic E-state index is 0.0314. The van der Waals surface area contributed by atoms with Crippen LogP contribution in [0.5, 0.6) is 0 Å². The van der Waals surface area contributed by atoms with Gasteiger partial charge in [0.1, 0.15) is 4.90 Å². The zero-order valence-corrected chi connectivity index (χ0v) is 12.7. The summed E-state index contributed by atoms with van der Waals surface area (Å²) in [7, 11) is -1.77. The van der Waals surface area contributed by atoms with Gasteiger partial charge >= 0.3 is 0 Å². The molecule has 0 saturated heterocycles. The minimum atomic E-state index is -3.43. The molecule has 1 fully saturated rings. The van der Waals surface area contributed by atoms with Crippen molar-refractivity contribution < 1.29 is 8.42 Å². The van der Waals surface area contributed by atoms with Crippen molar-refractivity contribution in [3.05, 3.63) is 24.5 Å². The predicted molar refractivity (Wildman–Crippen MR) is 74.2 cm³/mol. The summed E-state index contributed by atoms with van der Waals surface area (Å²) in [4.78, 5) is 4.38. The molecule has 100 valence electrons. The van der Waals surface area contributed by atoms with Crippen molar-refractivity contribution in [3.63, 3.8) is 0 Å². The lowest BCUT2D eigenvalue weighted by molar-refractivity contribution is 0.297. The van der Waals surface area contributed by atoms with Crippen LogP contribution in [0.15, 0.2) is 29.4 Å². The number of hydrogen-bond acceptors (Lipinski definition) is 3. The van der Waals surface area contributed by atoms with Gasteiger partial charge in [-0.3, -0.25) is 4.98 Å². The molecule has 1 aromatic rings. The summed E-state index contributed by atoms with van der Waals surface area (Å²) < 4.78 is 26.4. The van der Waals surface area contributed by atoms with Crippen molar-refractivity contribution in [1.82, 2.24) is 9.29 Å². The second-order valence-electron chi connectivity index (χ2n) is 4.58. The smallest absolute Gasteiger partial charge is 0.244 e. The average molecular weight is 333 g/mol. The SMILES string of the molecule is CN(C1CCCCC1Br)S(=O)(=O)c1cccnc1. The van der Waals surface area contributed by atoms with Crippen LogP contribution in [0.4, 0.5) is 0 Å². The highest BCUT2D eigenvalue weighted by Crippen LogP contribution is 2.30. The van der Waals surface area contributed by atoms with E-state index in [1.54, 1.807) is 25.4 Å². The summed E-state index contributed by atoms with van der Waals surface area (Å²) in [6, 6.07) is 3.27. The lowest BCUT2D eigenvalue weighted by Gasteiger charge is -2.34. The first-order valence-corrected chi connectivity index (χ1v) is 8.41. The van der Waals surface area contributed by atoms with E-state index >= 15 is 0 Å². The molecule has 2 rings (SSSR count). The lowest BCUT2D eigenvalue weighted by Crippen LogP contribution is -2.43. The van der Waals surface area contributed by atoms with Crippen LogP contribution in [0.1, 0.15) is 25.7 Å². The fourth-order valence-electron chi connectivity index (χ4n) is 2.32. The van der Waals surface area contributed by atoms with Crippen LogP contribution >= 0.6 is 15.9 Å². The van der Waals surface area contributed by atoms with Gasteiger partial charge in [-0.2, -0.15) is 4.31 Å². The van der Waals surface area contributed by atoms with Gasteiger partial charge in [-0.05, 0) is 25.0 Å². The van der Waals surface area contributed by atoms with Gasteiger partial charge in [-0.15, -0.1) is 0 Å². The Hall–Kier alpha value is -0.460. The van der Waals surface area contributed by atoms with Crippen LogP contribution in [0, 0.1) is 0 Å². The summed E-state index contributed by atoms with van der Waals surface area (Å²) in [6.45, 7) is 0. The summed E-state index contributed by atoms with van der Waals surface area (Å²) in [5.74, 6) is 0. The predicted octanol–water partition coefficient (Wildman–Crippen LogP) is 2.41. The Labute approximate surface area is 117 Å². The van der Waals surface area contributed by atoms with Crippen molar-refractivity contribution in [3.8, 4) is 0 Å². The molecule has 1 aromatic heterocycles. The standard InChI is InChI=1S/C12H17BrN2O2S/c1-15(12-7-3-2-6-11(12)13)18(16,17)10-5-4-8-14-9-10/h4-5,8-9,11-12H,2-3,6-7H2,1H3. The van der Waals surface area contributed by atoms with Crippen LogP contribution in [-0.4, -0.2) is 35.6 Å². The third-order valence-corrected chi connectivity index (χ3v) is 6.36. The van der Waals surface area contributed by atoms with E-state index in [4.69, 9.17) is 0 Å². The molecule has 0 aliphatic heterocycles. The number of hydrogen-bond donors (Lipinski definition) is 0. The molecule has 2 unspecified atom stereocenters. The first-order chi connectivity index (χ1) is 8.53. The van der Waals surface area contributed by atoms with E-state index in [1.807, 2.05) is 0 Å². The van der Waals surface area contributed by atoms with E-state index in [2.05, 4.69) is 20.9 Å². The molecule has 2 atom stereocenters. The summed E-state index contributed by atoms with van der Waals surface area (Å²) in [5.41, 5.74) is 0. The molecular weight excluding hydrogens is 316 g/mol. The fourth-order valence-corrected chi connectivity index (χ4v) is 4.81. The van der Waals surface area contributed by atoms with Gasteiger partial charge in [0.15, 0.2) is 0 Å². The number of halogens is 1. The zero-order valence-electron chi connectivity index (χ0n) is 10.3. The van der Waals surface area contributed by atoms with E-state index in [-0.39, 0.29) is 15.8 Å². The first kappa shape index (κ1) is 14.0. The monoisotopic (exact) mass is 332 g/mol. The highest BCUT2D eigenvalue weighted by molar-refractivity contribution is 9.09.